The third-order valence-corrected chi connectivity index (χ3v) is 2.76. The van der Waals surface area contributed by atoms with E-state index in [-0.39, 0.29) is 0 Å². The summed E-state index contributed by atoms with van der Waals surface area (Å²) in [7, 11) is 0. The molecular formula is C13H17NO2. The highest BCUT2D eigenvalue weighted by Gasteiger charge is 2.16. The smallest absolute Gasteiger partial charge is 0.152 e. The number of ether oxygens (including phenoxy) is 1. The van der Waals surface area contributed by atoms with E-state index in [9.17, 15) is 4.79 Å². The molecule has 0 aliphatic carbocycles. The first-order chi connectivity index (χ1) is 7.79. The maximum atomic E-state index is 11.3. The molecule has 1 aliphatic rings. The fraction of sp³-hybridized carbons (Fsp3) is 0.462. The quantitative estimate of drug-likeness (QED) is 0.781. The van der Waals surface area contributed by atoms with Crippen molar-refractivity contribution in [2.24, 2.45) is 0 Å². The van der Waals surface area contributed by atoms with Gasteiger partial charge in [0.2, 0.25) is 0 Å². The Morgan fingerprint density at radius 2 is 2.06 bits per heavy atom. The average Bonchev–Trinajstić information content (AvgIpc) is 2.30. The number of carbonyl (C=O) groups excluding carboxylic acids is 1. The molecule has 1 fully saturated rings. The van der Waals surface area contributed by atoms with Crippen LogP contribution in [0.1, 0.15) is 19.8 Å². The Morgan fingerprint density at radius 1 is 1.31 bits per heavy atom. The van der Waals surface area contributed by atoms with E-state index in [0.29, 0.717) is 18.9 Å². The van der Waals surface area contributed by atoms with Crippen LogP contribution in [0.3, 0.4) is 0 Å². The summed E-state index contributed by atoms with van der Waals surface area (Å²) < 4.78 is 5.38. The summed E-state index contributed by atoms with van der Waals surface area (Å²) in [5.74, 6) is 1.22. The van der Waals surface area contributed by atoms with E-state index >= 15 is 0 Å². The van der Waals surface area contributed by atoms with Crippen molar-refractivity contribution in [1.82, 2.24) is 0 Å². The largest absolute Gasteiger partial charge is 0.494 e. The lowest BCUT2D eigenvalue weighted by Crippen LogP contribution is -2.35. The second-order valence-electron chi connectivity index (χ2n) is 3.99. The Morgan fingerprint density at radius 3 is 2.69 bits per heavy atom. The molecule has 1 saturated heterocycles. The molecular weight excluding hydrogens is 202 g/mol. The van der Waals surface area contributed by atoms with Crippen LogP contribution in [0.15, 0.2) is 24.3 Å². The van der Waals surface area contributed by atoms with Crippen LogP contribution in [-0.4, -0.2) is 25.5 Å². The fourth-order valence-electron chi connectivity index (χ4n) is 1.98. The lowest BCUT2D eigenvalue weighted by molar-refractivity contribution is -0.118. The van der Waals surface area contributed by atoms with E-state index in [4.69, 9.17) is 4.74 Å². The fourth-order valence-corrected chi connectivity index (χ4v) is 1.98. The van der Waals surface area contributed by atoms with Gasteiger partial charge in [-0.3, -0.25) is 4.79 Å². The lowest BCUT2D eigenvalue weighted by atomic mass is 10.1. The number of benzene rings is 1. The zero-order chi connectivity index (χ0) is 11.4. The standard InChI is InChI=1S/C13H17NO2/c1-2-16-13-7-5-11(6-8-13)14-9-3-4-12(15)10-14/h5-8H,2-4,9-10H2,1H3. The minimum Gasteiger partial charge on any atom is -0.494 e. The Hall–Kier alpha value is -1.51. The highest BCUT2D eigenvalue weighted by atomic mass is 16.5. The Kier molecular flexibility index (Phi) is 3.44. The van der Waals surface area contributed by atoms with E-state index in [1.54, 1.807) is 0 Å². The van der Waals surface area contributed by atoms with Gasteiger partial charge in [0, 0.05) is 18.7 Å². The molecule has 0 bridgehead atoms. The Labute approximate surface area is 96.0 Å². The van der Waals surface area contributed by atoms with E-state index < -0.39 is 0 Å². The Bertz CT molecular complexity index is 359. The predicted octanol–water partition coefficient (Wildman–Crippen LogP) is 2.25. The molecule has 3 heteroatoms. The maximum Gasteiger partial charge on any atom is 0.152 e. The monoisotopic (exact) mass is 219 g/mol. The van der Waals surface area contributed by atoms with Crippen LogP contribution in [-0.2, 0) is 4.79 Å². The van der Waals surface area contributed by atoms with Gasteiger partial charge in [0.15, 0.2) is 5.78 Å². The normalized spacial score (nSPS) is 16.3. The molecule has 1 aromatic rings. The maximum absolute atomic E-state index is 11.3. The third-order valence-electron chi connectivity index (χ3n) is 2.76. The second-order valence-corrected chi connectivity index (χ2v) is 3.99. The highest BCUT2D eigenvalue weighted by molar-refractivity contribution is 5.84. The van der Waals surface area contributed by atoms with Gasteiger partial charge in [-0.05, 0) is 37.6 Å². The topological polar surface area (TPSA) is 29.5 Å². The molecule has 0 spiro atoms. The number of piperidine rings is 1. The van der Waals surface area contributed by atoms with Gasteiger partial charge >= 0.3 is 0 Å². The van der Waals surface area contributed by atoms with Gasteiger partial charge in [-0.25, -0.2) is 0 Å². The molecule has 0 amide bonds. The van der Waals surface area contributed by atoms with Crippen LogP contribution in [0.4, 0.5) is 5.69 Å². The van der Waals surface area contributed by atoms with Gasteiger partial charge in [0.1, 0.15) is 5.75 Å². The number of hydrogen-bond acceptors (Lipinski definition) is 3. The molecule has 0 saturated carbocycles. The first-order valence-electron chi connectivity index (χ1n) is 5.79. The van der Waals surface area contributed by atoms with Crippen LogP contribution in [0.5, 0.6) is 5.75 Å². The summed E-state index contributed by atoms with van der Waals surface area (Å²) >= 11 is 0. The number of carbonyl (C=O) groups is 1. The summed E-state index contributed by atoms with van der Waals surface area (Å²) in [5, 5.41) is 0. The van der Waals surface area contributed by atoms with Gasteiger partial charge in [-0.2, -0.15) is 0 Å². The molecule has 1 aliphatic heterocycles. The van der Waals surface area contributed by atoms with Crippen molar-refractivity contribution in [3.8, 4) is 5.75 Å². The number of hydrogen-bond donors (Lipinski definition) is 0. The van der Waals surface area contributed by atoms with Crippen molar-refractivity contribution in [1.29, 1.82) is 0 Å². The predicted molar refractivity (Wildman–Crippen MR) is 64.1 cm³/mol. The molecule has 0 radical (unpaired) electrons. The molecule has 0 N–H and O–H groups in total. The molecule has 1 aromatic carbocycles. The van der Waals surface area contributed by atoms with Crippen molar-refractivity contribution >= 4 is 11.5 Å². The lowest BCUT2D eigenvalue weighted by Gasteiger charge is -2.27. The van der Waals surface area contributed by atoms with Crippen molar-refractivity contribution in [2.75, 3.05) is 24.6 Å². The SMILES string of the molecule is CCOc1ccc(N2CCCC(=O)C2)cc1. The summed E-state index contributed by atoms with van der Waals surface area (Å²) in [4.78, 5) is 13.5. The van der Waals surface area contributed by atoms with Crippen molar-refractivity contribution in [2.45, 2.75) is 19.8 Å². The summed E-state index contributed by atoms with van der Waals surface area (Å²) in [6, 6.07) is 7.95. The van der Waals surface area contributed by atoms with Gasteiger partial charge in [0.05, 0.1) is 13.2 Å². The molecule has 0 unspecified atom stereocenters. The van der Waals surface area contributed by atoms with Gasteiger partial charge in [0.25, 0.3) is 0 Å². The van der Waals surface area contributed by atoms with E-state index in [2.05, 4.69) is 4.90 Å². The number of anilines is 1. The highest BCUT2D eigenvalue weighted by Crippen LogP contribution is 2.21. The first-order valence-corrected chi connectivity index (χ1v) is 5.79. The van der Waals surface area contributed by atoms with E-state index in [1.165, 1.54) is 0 Å². The van der Waals surface area contributed by atoms with Crippen LogP contribution < -0.4 is 9.64 Å². The van der Waals surface area contributed by atoms with E-state index in [0.717, 1.165) is 30.8 Å². The third kappa shape index (κ3) is 2.54. The number of Topliss-reactive ketones (excluding diaryl/α,β-unsaturated/α-hetero) is 1. The molecule has 86 valence electrons. The molecule has 0 atom stereocenters. The van der Waals surface area contributed by atoms with Crippen molar-refractivity contribution in [3.05, 3.63) is 24.3 Å². The van der Waals surface area contributed by atoms with Crippen LogP contribution in [0.25, 0.3) is 0 Å². The van der Waals surface area contributed by atoms with Crippen LogP contribution in [0, 0.1) is 0 Å². The van der Waals surface area contributed by atoms with Crippen LogP contribution >= 0.6 is 0 Å². The summed E-state index contributed by atoms with van der Waals surface area (Å²) in [5.41, 5.74) is 1.11. The molecule has 2 rings (SSSR count). The minimum absolute atomic E-state index is 0.333. The van der Waals surface area contributed by atoms with Gasteiger partial charge in [-0.1, -0.05) is 0 Å². The zero-order valence-corrected chi connectivity index (χ0v) is 9.61. The first kappa shape index (κ1) is 11.0. The van der Waals surface area contributed by atoms with Crippen LogP contribution in [0.2, 0.25) is 0 Å². The minimum atomic E-state index is 0.333. The number of ketones is 1. The Balaban J connectivity index is 2.05. The van der Waals surface area contributed by atoms with E-state index in [1.807, 2.05) is 31.2 Å². The van der Waals surface area contributed by atoms with Crippen molar-refractivity contribution in [3.63, 3.8) is 0 Å². The number of rotatable bonds is 3. The zero-order valence-electron chi connectivity index (χ0n) is 9.61. The average molecular weight is 219 g/mol. The molecule has 3 nitrogen and oxygen atoms in total. The number of nitrogens with zero attached hydrogens (tertiary/aromatic N) is 1. The summed E-state index contributed by atoms with van der Waals surface area (Å²) in [6.07, 6.45) is 1.69. The summed E-state index contributed by atoms with van der Waals surface area (Å²) in [6.45, 7) is 4.17. The van der Waals surface area contributed by atoms with Gasteiger partial charge in [-0.15, -0.1) is 0 Å². The molecule has 16 heavy (non-hydrogen) atoms. The molecule has 1 heterocycles. The van der Waals surface area contributed by atoms with Gasteiger partial charge < -0.3 is 9.64 Å². The second kappa shape index (κ2) is 5.01. The van der Waals surface area contributed by atoms with Crippen molar-refractivity contribution < 1.29 is 9.53 Å². The molecule has 0 aromatic heterocycles.